The second kappa shape index (κ2) is 7.21. The van der Waals surface area contributed by atoms with E-state index in [9.17, 15) is 14.4 Å². The molecule has 1 aromatic heterocycles. The van der Waals surface area contributed by atoms with Gasteiger partial charge in [0.25, 0.3) is 5.91 Å². The van der Waals surface area contributed by atoms with E-state index >= 15 is 0 Å². The van der Waals surface area contributed by atoms with E-state index in [-0.39, 0.29) is 12.3 Å². The number of esters is 2. The van der Waals surface area contributed by atoms with Crippen molar-refractivity contribution in [2.45, 2.75) is 19.0 Å². The molecule has 25 heavy (non-hydrogen) atoms. The molecule has 0 bridgehead atoms. The number of nitrogens with zero attached hydrogens (tertiary/aromatic N) is 1. The van der Waals surface area contributed by atoms with E-state index in [0.29, 0.717) is 6.42 Å². The molecule has 0 fully saturated rings. The fourth-order valence-electron chi connectivity index (χ4n) is 2.81. The highest BCUT2D eigenvalue weighted by atomic mass is 16.5. The summed E-state index contributed by atoms with van der Waals surface area (Å²) in [6, 6.07) is 9.83. The molecule has 0 spiro atoms. The summed E-state index contributed by atoms with van der Waals surface area (Å²) in [6.45, 7) is -0.220. The van der Waals surface area contributed by atoms with Gasteiger partial charge in [0.05, 0.1) is 13.4 Å². The first-order valence-electron chi connectivity index (χ1n) is 7.75. The van der Waals surface area contributed by atoms with Crippen molar-refractivity contribution in [2.75, 3.05) is 13.7 Å². The molecule has 7 heteroatoms. The van der Waals surface area contributed by atoms with Crippen molar-refractivity contribution in [3.63, 3.8) is 0 Å². The zero-order valence-corrected chi connectivity index (χ0v) is 13.6. The molecule has 1 aromatic carbocycles. The molecule has 7 nitrogen and oxygen atoms in total. The molecular weight excluding hydrogens is 326 g/mol. The van der Waals surface area contributed by atoms with Crippen molar-refractivity contribution < 1.29 is 28.3 Å². The van der Waals surface area contributed by atoms with E-state index < -0.39 is 30.5 Å². The Labute approximate surface area is 144 Å². The number of ether oxygens (including phenoxy) is 2. The number of rotatable bonds is 4. The monoisotopic (exact) mass is 343 g/mol. The number of carbonyl (C=O) groups is 3. The minimum atomic E-state index is -0.741. The molecule has 1 aliphatic heterocycles. The highest BCUT2D eigenvalue weighted by molar-refractivity contribution is 5.90. The van der Waals surface area contributed by atoms with Gasteiger partial charge in [0.15, 0.2) is 6.61 Å². The Balaban J connectivity index is 1.72. The number of benzene rings is 1. The zero-order valence-electron chi connectivity index (χ0n) is 13.6. The SMILES string of the molecule is COC(=O)[C@H]1Cc2ccccc2CN1C(=O)COC(=O)c1ccco1. The maximum atomic E-state index is 12.5. The molecule has 0 saturated carbocycles. The van der Waals surface area contributed by atoms with E-state index in [1.807, 2.05) is 24.3 Å². The Morgan fingerprint density at radius 2 is 1.92 bits per heavy atom. The molecule has 2 heterocycles. The van der Waals surface area contributed by atoms with E-state index in [4.69, 9.17) is 13.9 Å². The zero-order chi connectivity index (χ0) is 17.8. The molecular formula is C18H17NO6. The first-order valence-corrected chi connectivity index (χ1v) is 7.75. The Morgan fingerprint density at radius 3 is 2.60 bits per heavy atom. The van der Waals surface area contributed by atoms with Gasteiger partial charge in [-0.1, -0.05) is 24.3 Å². The molecule has 130 valence electrons. The van der Waals surface area contributed by atoms with Crippen LogP contribution in [0.2, 0.25) is 0 Å². The van der Waals surface area contributed by atoms with E-state index in [0.717, 1.165) is 11.1 Å². The number of fused-ring (bicyclic) bond motifs is 1. The quantitative estimate of drug-likeness (QED) is 0.783. The van der Waals surface area contributed by atoms with Crippen molar-refractivity contribution in [2.24, 2.45) is 0 Å². The number of furan rings is 1. The fourth-order valence-corrected chi connectivity index (χ4v) is 2.81. The Kier molecular flexibility index (Phi) is 4.83. The predicted molar refractivity (Wildman–Crippen MR) is 85.5 cm³/mol. The van der Waals surface area contributed by atoms with Crippen LogP contribution in [0.15, 0.2) is 47.1 Å². The highest BCUT2D eigenvalue weighted by Crippen LogP contribution is 2.24. The highest BCUT2D eigenvalue weighted by Gasteiger charge is 2.35. The van der Waals surface area contributed by atoms with Crippen molar-refractivity contribution in [1.29, 1.82) is 0 Å². The van der Waals surface area contributed by atoms with E-state index in [1.54, 1.807) is 6.07 Å². The second-order valence-corrected chi connectivity index (χ2v) is 5.59. The van der Waals surface area contributed by atoms with Crippen LogP contribution in [0, 0.1) is 0 Å². The van der Waals surface area contributed by atoms with Crippen molar-refractivity contribution in [3.8, 4) is 0 Å². The van der Waals surface area contributed by atoms with Crippen LogP contribution in [0.3, 0.4) is 0 Å². The summed E-state index contributed by atoms with van der Waals surface area (Å²) in [5.74, 6) is -1.68. The summed E-state index contributed by atoms with van der Waals surface area (Å²) >= 11 is 0. The Bertz CT molecular complexity index is 783. The normalized spacial score (nSPS) is 16.0. The van der Waals surface area contributed by atoms with Crippen LogP contribution >= 0.6 is 0 Å². The van der Waals surface area contributed by atoms with Crippen LogP contribution in [-0.4, -0.2) is 42.5 Å². The van der Waals surface area contributed by atoms with Gasteiger partial charge in [-0.05, 0) is 23.3 Å². The van der Waals surface area contributed by atoms with Gasteiger partial charge in [0.1, 0.15) is 6.04 Å². The minimum Gasteiger partial charge on any atom is -0.467 e. The lowest BCUT2D eigenvalue weighted by molar-refractivity contribution is -0.155. The molecule has 1 aliphatic rings. The molecule has 0 N–H and O–H groups in total. The summed E-state index contributed by atoms with van der Waals surface area (Å²) in [6.07, 6.45) is 1.70. The third kappa shape index (κ3) is 3.55. The summed E-state index contributed by atoms with van der Waals surface area (Å²) in [5.41, 5.74) is 1.95. The first kappa shape index (κ1) is 16.8. The first-order chi connectivity index (χ1) is 12.1. The molecule has 1 atom stereocenters. The van der Waals surface area contributed by atoms with Gasteiger partial charge in [-0.3, -0.25) is 4.79 Å². The van der Waals surface area contributed by atoms with Crippen LogP contribution in [0.25, 0.3) is 0 Å². The van der Waals surface area contributed by atoms with Crippen LogP contribution in [0.5, 0.6) is 0 Å². The number of carbonyl (C=O) groups excluding carboxylic acids is 3. The lowest BCUT2D eigenvalue weighted by Gasteiger charge is -2.35. The maximum absolute atomic E-state index is 12.5. The van der Waals surface area contributed by atoms with Gasteiger partial charge in [-0.25, -0.2) is 9.59 Å². The Hall–Kier alpha value is -3.09. The molecule has 3 rings (SSSR count). The lowest BCUT2D eigenvalue weighted by Crippen LogP contribution is -2.50. The van der Waals surface area contributed by atoms with Crippen molar-refractivity contribution in [3.05, 3.63) is 59.5 Å². The number of hydrogen-bond donors (Lipinski definition) is 0. The van der Waals surface area contributed by atoms with E-state index in [1.165, 1.54) is 24.3 Å². The van der Waals surface area contributed by atoms with Crippen molar-refractivity contribution >= 4 is 17.8 Å². The third-order valence-corrected chi connectivity index (χ3v) is 4.09. The second-order valence-electron chi connectivity index (χ2n) is 5.59. The standard InChI is InChI=1S/C18H17NO6/c1-23-17(21)14-9-12-5-2-3-6-13(12)10-19(14)16(20)11-25-18(22)15-7-4-8-24-15/h2-8,14H,9-11H2,1H3/t14-/m1/s1. The molecule has 1 amide bonds. The summed E-state index contributed by atoms with van der Waals surface area (Å²) in [4.78, 5) is 37.8. The molecule has 0 saturated heterocycles. The van der Waals surface area contributed by atoms with Crippen molar-refractivity contribution in [1.82, 2.24) is 4.90 Å². The number of hydrogen-bond acceptors (Lipinski definition) is 6. The number of methoxy groups -OCH3 is 1. The van der Waals surface area contributed by atoms with Gasteiger partial charge in [-0.2, -0.15) is 0 Å². The number of amides is 1. The fraction of sp³-hybridized carbons (Fsp3) is 0.278. The average molecular weight is 343 g/mol. The van der Waals surface area contributed by atoms with Gasteiger partial charge < -0.3 is 18.8 Å². The van der Waals surface area contributed by atoms with Crippen LogP contribution in [-0.2, 0) is 32.0 Å². The largest absolute Gasteiger partial charge is 0.467 e. The smallest absolute Gasteiger partial charge is 0.374 e. The Morgan fingerprint density at radius 1 is 1.16 bits per heavy atom. The maximum Gasteiger partial charge on any atom is 0.374 e. The molecule has 0 unspecified atom stereocenters. The summed E-state index contributed by atoms with van der Waals surface area (Å²) in [7, 11) is 1.28. The third-order valence-electron chi connectivity index (χ3n) is 4.09. The van der Waals surface area contributed by atoms with Crippen LogP contribution in [0.1, 0.15) is 21.7 Å². The minimum absolute atomic E-state index is 0.0151. The topological polar surface area (TPSA) is 86.0 Å². The van der Waals surface area contributed by atoms with Gasteiger partial charge in [0, 0.05) is 13.0 Å². The van der Waals surface area contributed by atoms with Gasteiger partial charge >= 0.3 is 11.9 Å². The summed E-state index contributed by atoms with van der Waals surface area (Å²) in [5, 5.41) is 0. The summed E-state index contributed by atoms with van der Waals surface area (Å²) < 4.78 is 14.7. The molecule has 2 aromatic rings. The van der Waals surface area contributed by atoms with Gasteiger partial charge in [0.2, 0.25) is 5.76 Å². The average Bonchev–Trinajstić information content (AvgIpc) is 3.19. The lowest BCUT2D eigenvalue weighted by atomic mass is 9.94. The predicted octanol–water partition coefficient (Wildman–Crippen LogP) is 1.56. The van der Waals surface area contributed by atoms with Crippen LogP contribution < -0.4 is 0 Å². The van der Waals surface area contributed by atoms with E-state index in [2.05, 4.69) is 0 Å². The molecule has 0 aliphatic carbocycles. The van der Waals surface area contributed by atoms with Crippen LogP contribution in [0.4, 0.5) is 0 Å². The molecule has 0 radical (unpaired) electrons. The van der Waals surface area contributed by atoms with Gasteiger partial charge in [-0.15, -0.1) is 0 Å².